The molecule has 2 unspecified atom stereocenters. The number of anilines is 4. The average Bonchev–Trinajstić information content (AvgIpc) is 4.12. The molecule has 0 radical (unpaired) electrons. The molecule has 11 rings (SSSR count). The Hall–Kier alpha value is -7.20. The minimum atomic E-state index is -0.483. The van der Waals surface area contributed by atoms with Gasteiger partial charge in [0.1, 0.15) is 5.82 Å². The van der Waals surface area contributed by atoms with Crippen LogP contribution in [0.15, 0.2) is 200 Å². The Morgan fingerprint density at radius 3 is 1.59 bits per heavy atom. The van der Waals surface area contributed by atoms with Crippen molar-refractivity contribution in [3.05, 3.63) is 247 Å². The molecular weight excluding hydrogens is 1110 g/mol. The van der Waals surface area contributed by atoms with Crippen LogP contribution in [0.4, 0.5) is 22.7 Å². The van der Waals surface area contributed by atoms with Crippen LogP contribution in [0.1, 0.15) is 104 Å². The predicted molar refractivity (Wildman–Crippen MR) is 313 cm³/mol. The maximum Gasteiger partial charge on any atom is 0.135 e. The van der Waals surface area contributed by atoms with Gasteiger partial charge in [-0.25, -0.2) is 4.98 Å². The quantitative estimate of drug-likeness (QED) is 0.128. The Morgan fingerprint density at radius 2 is 1.00 bits per heavy atom. The van der Waals surface area contributed by atoms with E-state index in [0.29, 0.717) is 11.5 Å². The Bertz CT molecular complexity index is 3630. The SMILES string of the molecule is CC(C)(C)c1ccnc(-n2c3[c-]c(Oc4[c-]c(N5[CH-]N(c6c(C(C)(c7ccccc7)C(C)(C)C)cc(-c7ccccc7)cc6C(C)(c6ccccc6)C(C)(C)C)c6ccccc65)ccc4)ccc3c3ccccc32)c1.[Pt]. The molecule has 0 saturated carbocycles. The van der Waals surface area contributed by atoms with Crippen LogP contribution in [0.25, 0.3) is 38.8 Å². The molecule has 2 atom stereocenters. The van der Waals surface area contributed by atoms with Crippen LogP contribution in [-0.2, 0) is 37.3 Å². The van der Waals surface area contributed by atoms with E-state index < -0.39 is 10.8 Å². The molecule has 0 saturated heterocycles. The van der Waals surface area contributed by atoms with Crippen molar-refractivity contribution in [3.63, 3.8) is 0 Å². The molecule has 0 spiro atoms. The second kappa shape index (κ2) is 19.7. The van der Waals surface area contributed by atoms with Gasteiger partial charge in [0.15, 0.2) is 0 Å². The normalized spacial score (nSPS) is 14.5. The molecule has 3 heterocycles. The fraction of sp³-hybridized carbons (Fsp3) is 0.229. The van der Waals surface area contributed by atoms with Crippen LogP contribution in [0.5, 0.6) is 11.5 Å². The first-order chi connectivity index (χ1) is 35.9. The second-order valence-electron chi connectivity index (χ2n) is 23.7. The van der Waals surface area contributed by atoms with Gasteiger partial charge in [-0.05, 0) is 103 Å². The third-order valence-corrected chi connectivity index (χ3v) is 16.5. The molecule has 76 heavy (non-hydrogen) atoms. The molecule has 0 fully saturated rings. The van der Waals surface area contributed by atoms with E-state index in [4.69, 9.17) is 9.72 Å². The van der Waals surface area contributed by atoms with Crippen molar-refractivity contribution >= 4 is 44.6 Å². The first-order valence-electron chi connectivity index (χ1n) is 26.4. The first-order valence-corrected chi connectivity index (χ1v) is 26.4. The number of hydrogen-bond donors (Lipinski definition) is 0. The van der Waals surface area contributed by atoms with Crippen LogP contribution >= 0.6 is 0 Å². The summed E-state index contributed by atoms with van der Waals surface area (Å²) in [5.41, 5.74) is 13.3. The molecule has 386 valence electrons. The van der Waals surface area contributed by atoms with Gasteiger partial charge in [-0.1, -0.05) is 203 Å². The van der Waals surface area contributed by atoms with Crippen molar-refractivity contribution in [3.8, 4) is 28.4 Å². The van der Waals surface area contributed by atoms with Crippen LogP contribution < -0.4 is 14.5 Å². The first kappa shape index (κ1) is 52.2. The van der Waals surface area contributed by atoms with Crippen LogP contribution in [0.3, 0.4) is 0 Å². The van der Waals surface area contributed by atoms with E-state index in [0.717, 1.165) is 44.7 Å². The summed E-state index contributed by atoms with van der Waals surface area (Å²) in [4.78, 5) is 9.65. The largest absolute Gasteiger partial charge is 0.509 e. The van der Waals surface area contributed by atoms with Gasteiger partial charge in [0.2, 0.25) is 0 Å². The molecule has 10 aromatic rings. The Balaban J connectivity index is 0.00000657. The van der Waals surface area contributed by atoms with E-state index in [1.165, 1.54) is 44.6 Å². The van der Waals surface area contributed by atoms with Gasteiger partial charge in [-0.2, -0.15) is 12.1 Å². The van der Waals surface area contributed by atoms with Crippen LogP contribution in [-0.4, -0.2) is 9.55 Å². The van der Waals surface area contributed by atoms with E-state index in [1.54, 1.807) is 0 Å². The van der Waals surface area contributed by atoms with Crippen molar-refractivity contribution in [2.24, 2.45) is 10.8 Å². The molecule has 5 nitrogen and oxygen atoms in total. The van der Waals surface area contributed by atoms with Crippen molar-refractivity contribution < 1.29 is 25.8 Å². The summed E-state index contributed by atoms with van der Waals surface area (Å²) in [7, 11) is 0. The van der Waals surface area contributed by atoms with Gasteiger partial charge in [0.05, 0.1) is 0 Å². The molecule has 1 aliphatic rings. The Morgan fingerprint density at radius 1 is 0.461 bits per heavy atom. The average molecular weight is 1180 g/mol. The minimum absolute atomic E-state index is 0. The number of para-hydroxylation sites is 3. The van der Waals surface area contributed by atoms with Gasteiger partial charge in [-0.15, -0.1) is 48.1 Å². The summed E-state index contributed by atoms with van der Waals surface area (Å²) < 4.78 is 9.01. The number of benzene rings is 8. The van der Waals surface area contributed by atoms with E-state index >= 15 is 0 Å². The summed E-state index contributed by atoms with van der Waals surface area (Å²) >= 11 is 0. The molecule has 6 heteroatoms. The molecule has 8 aromatic carbocycles. The second-order valence-corrected chi connectivity index (χ2v) is 23.7. The van der Waals surface area contributed by atoms with Crippen molar-refractivity contribution in [2.75, 3.05) is 9.80 Å². The van der Waals surface area contributed by atoms with E-state index in [9.17, 15) is 0 Å². The topological polar surface area (TPSA) is 33.5 Å². The van der Waals surface area contributed by atoms with Gasteiger partial charge >= 0.3 is 0 Å². The maximum absolute atomic E-state index is 6.81. The van der Waals surface area contributed by atoms with Gasteiger partial charge < -0.3 is 19.1 Å². The van der Waals surface area contributed by atoms with E-state index in [1.807, 2.05) is 18.3 Å². The predicted octanol–water partition coefficient (Wildman–Crippen LogP) is 18.6. The summed E-state index contributed by atoms with van der Waals surface area (Å²) in [5, 5.41) is 2.22. The number of ether oxygens (including phenoxy) is 1. The molecule has 0 bridgehead atoms. The van der Waals surface area contributed by atoms with Gasteiger partial charge in [0, 0.05) is 72.2 Å². The molecule has 0 amide bonds. The third-order valence-electron chi connectivity index (χ3n) is 16.5. The van der Waals surface area contributed by atoms with Crippen molar-refractivity contribution in [2.45, 2.75) is 92.4 Å². The zero-order chi connectivity index (χ0) is 52.5. The molecule has 0 aliphatic carbocycles. The molecule has 1 aliphatic heterocycles. The van der Waals surface area contributed by atoms with Gasteiger partial charge in [-0.3, -0.25) is 0 Å². The van der Waals surface area contributed by atoms with Crippen molar-refractivity contribution in [1.82, 2.24) is 9.55 Å². The molecular formula is C70H67N4OPt-3. The minimum Gasteiger partial charge on any atom is -0.509 e. The number of pyridine rings is 1. The molecule has 2 aromatic heterocycles. The smallest absolute Gasteiger partial charge is 0.135 e. The standard InChI is InChI=1S/C70H67N4O.Pt/c1-66(2,3)52-40-41-71-64(44-52)74-60-35-22-21-34-56(60)57-39-38-55(46-63(57)74)75-54-33-25-32-53(45-54)72-47-73(62-37-24-23-36-61(62)72)65-58(69(10,67(4,5)6)50-28-17-13-18-29-50)42-49(48-26-15-12-16-27-48)43-59(65)70(11,68(7,8)9)51-30-19-14-20-31-51;/h12-44,47H,1-11H3;/q-3;. The Kier molecular flexibility index (Phi) is 13.6. The monoisotopic (exact) mass is 1170 g/mol. The number of rotatable bonds is 10. The number of nitrogens with zero attached hydrogens (tertiary/aromatic N) is 4. The van der Waals surface area contributed by atoms with E-state index in [-0.39, 0.29) is 37.3 Å². The molecule has 0 N–H and O–H groups in total. The summed E-state index contributed by atoms with van der Waals surface area (Å²) in [6, 6.07) is 77.4. The zero-order valence-electron chi connectivity index (χ0n) is 45.6. The zero-order valence-corrected chi connectivity index (χ0v) is 47.9. The fourth-order valence-electron chi connectivity index (χ4n) is 11.4. The number of hydrogen-bond acceptors (Lipinski definition) is 4. The third kappa shape index (κ3) is 8.95. The summed E-state index contributed by atoms with van der Waals surface area (Å²) in [6.45, 7) is 28.2. The maximum atomic E-state index is 6.81. The number of aromatic nitrogens is 2. The van der Waals surface area contributed by atoms with Crippen LogP contribution in [0, 0.1) is 29.6 Å². The van der Waals surface area contributed by atoms with Crippen LogP contribution in [0.2, 0.25) is 0 Å². The van der Waals surface area contributed by atoms with Crippen molar-refractivity contribution in [1.29, 1.82) is 0 Å². The summed E-state index contributed by atoms with van der Waals surface area (Å²) in [6.07, 6.45) is 1.91. The van der Waals surface area contributed by atoms with E-state index in [2.05, 4.69) is 291 Å². The summed E-state index contributed by atoms with van der Waals surface area (Å²) in [5.74, 6) is 2.03. The van der Waals surface area contributed by atoms with Gasteiger partial charge in [0.25, 0.3) is 0 Å². The number of fused-ring (bicyclic) bond motifs is 4. The Labute approximate surface area is 465 Å². The fourth-order valence-corrected chi connectivity index (χ4v) is 11.4.